The van der Waals surface area contributed by atoms with E-state index in [2.05, 4.69) is 13.5 Å². The summed E-state index contributed by atoms with van der Waals surface area (Å²) in [5.74, 6) is 0.595. The zero-order valence-electron chi connectivity index (χ0n) is 11.6. The van der Waals surface area contributed by atoms with Crippen molar-refractivity contribution in [3.8, 4) is 0 Å². The van der Waals surface area contributed by atoms with Crippen LogP contribution in [0.3, 0.4) is 0 Å². The first-order valence-corrected chi connectivity index (χ1v) is 7.30. The highest BCUT2D eigenvalue weighted by Gasteiger charge is 1.94. The van der Waals surface area contributed by atoms with E-state index >= 15 is 0 Å². The summed E-state index contributed by atoms with van der Waals surface area (Å²) < 4.78 is 0. The van der Waals surface area contributed by atoms with Crippen molar-refractivity contribution in [2.24, 2.45) is 0 Å². The van der Waals surface area contributed by atoms with E-state index in [0.29, 0.717) is 5.76 Å². The highest BCUT2D eigenvalue weighted by molar-refractivity contribution is 4.90. The Hall–Kier alpha value is -0.720. The second kappa shape index (κ2) is 13.3. The maximum absolute atomic E-state index is 9.53. The highest BCUT2D eigenvalue weighted by atomic mass is 16.3. The SMILES string of the molecule is C=CCCCCCCCCC/C(O)=C/CCC. The largest absolute Gasteiger partial charge is 0.513 e. The fourth-order valence-corrected chi connectivity index (χ4v) is 1.89. The van der Waals surface area contributed by atoms with Crippen molar-refractivity contribution in [1.29, 1.82) is 0 Å². The molecule has 0 aromatic heterocycles. The number of aliphatic hydroxyl groups excluding tert-OH is 1. The second-order valence-corrected chi connectivity index (χ2v) is 4.79. The second-order valence-electron chi connectivity index (χ2n) is 4.79. The quantitative estimate of drug-likeness (QED) is 0.254. The molecule has 0 unspecified atom stereocenters. The van der Waals surface area contributed by atoms with E-state index in [4.69, 9.17) is 0 Å². The van der Waals surface area contributed by atoms with Crippen LogP contribution in [0.4, 0.5) is 0 Å². The van der Waals surface area contributed by atoms with E-state index < -0.39 is 0 Å². The van der Waals surface area contributed by atoms with Crippen LogP contribution in [0.1, 0.15) is 77.6 Å². The Morgan fingerprint density at radius 1 is 0.941 bits per heavy atom. The van der Waals surface area contributed by atoms with Crippen LogP contribution in [0.25, 0.3) is 0 Å². The average molecular weight is 238 g/mol. The Morgan fingerprint density at radius 3 is 2.12 bits per heavy atom. The first kappa shape index (κ1) is 16.3. The molecule has 0 bridgehead atoms. The number of allylic oxidation sites excluding steroid dienone is 3. The predicted octanol–water partition coefficient (Wildman–Crippen LogP) is 5.93. The molecule has 100 valence electrons. The predicted molar refractivity (Wildman–Crippen MR) is 77.4 cm³/mol. The molecule has 0 amide bonds. The van der Waals surface area contributed by atoms with E-state index in [9.17, 15) is 5.11 Å². The van der Waals surface area contributed by atoms with Crippen LogP contribution in [-0.2, 0) is 0 Å². The summed E-state index contributed by atoms with van der Waals surface area (Å²) in [6, 6.07) is 0. The van der Waals surface area contributed by atoms with Crippen LogP contribution >= 0.6 is 0 Å². The monoisotopic (exact) mass is 238 g/mol. The van der Waals surface area contributed by atoms with Gasteiger partial charge in [-0.2, -0.15) is 0 Å². The molecular weight excluding hydrogens is 208 g/mol. The molecule has 1 heteroatoms. The van der Waals surface area contributed by atoms with Gasteiger partial charge in [0, 0.05) is 6.42 Å². The first-order chi connectivity index (χ1) is 8.31. The molecule has 0 aromatic carbocycles. The van der Waals surface area contributed by atoms with Crippen LogP contribution in [-0.4, -0.2) is 5.11 Å². The Morgan fingerprint density at radius 2 is 1.53 bits per heavy atom. The molecule has 0 spiro atoms. The van der Waals surface area contributed by atoms with Gasteiger partial charge in [-0.15, -0.1) is 6.58 Å². The molecule has 17 heavy (non-hydrogen) atoms. The summed E-state index contributed by atoms with van der Waals surface area (Å²) in [6.07, 6.45) is 17.2. The maximum atomic E-state index is 9.53. The van der Waals surface area contributed by atoms with Crippen molar-refractivity contribution >= 4 is 0 Å². The van der Waals surface area contributed by atoms with E-state index in [-0.39, 0.29) is 0 Å². The molecule has 0 rings (SSSR count). The van der Waals surface area contributed by atoms with Crippen molar-refractivity contribution < 1.29 is 5.11 Å². The van der Waals surface area contributed by atoms with Crippen molar-refractivity contribution in [2.45, 2.75) is 77.6 Å². The summed E-state index contributed by atoms with van der Waals surface area (Å²) in [5.41, 5.74) is 0. The number of rotatable bonds is 12. The van der Waals surface area contributed by atoms with Gasteiger partial charge in [0.1, 0.15) is 0 Å². The summed E-state index contributed by atoms with van der Waals surface area (Å²) in [7, 11) is 0. The topological polar surface area (TPSA) is 20.2 Å². The lowest BCUT2D eigenvalue weighted by atomic mass is 10.1. The van der Waals surface area contributed by atoms with Crippen LogP contribution < -0.4 is 0 Å². The number of hydrogen-bond acceptors (Lipinski definition) is 1. The molecule has 0 atom stereocenters. The average Bonchev–Trinajstić information content (AvgIpc) is 2.34. The standard InChI is InChI=1S/C16H30O/c1-3-5-7-8-9-10-11-12-13-15-16(17)14-6-4-2/h3,14,17H,1,4-13,15H2,2H3/b16-14-. The van der Waals surface area contributed by atoms with Gasteiger partial charge < -0.3 is 5.11 Å². The lowest BCUT2D eigenvalue weighted by Crippen LogP contribution is -1.84. The molecule has 0 aromatic rings. The van der Waals surface area contributed by atoms with E-state index in [1.807, 2.05) is 12.2 Å². The maximum Gasteiger partial charge on any atom is 0.0882 e. The van der Waals surface area contributed by atoms with E-state index in [1.54, 1.807) is 0 Å². The van der Waals surface area contributed by atoms with Crippen molar-refractivity contribution in [1.82, 2.24) is 0 Å². The van der Waals surface area contributed by atoms with Gasteiger partial charge in [0.05, 0.1) is 5.76 Å². The zero-order valence-corrected chi connectivity index (χ0v) is 11.6. The zero-order chi connectivity index (χ0) is 12.8. The Labute approximate surface area is 108 Å². The van der Waals surface area contributed by atoms with Gasteiger partial charge in [0.2, 0.25) is 0 Å². The fraction of sp³-hybridized carbons (Fsp3) is 0.750. The number of unbranched alkanes of at least 4 members (excludes halogenated alkanes) is 8. The van der Waals surface area contributed by atoms with E-state index in [1.165, 1.54) is 38.5 Å². The molecule has 0 aliphatic carbocycles. The van der Waals surface area contributed by atoms with Gasteiger partial charge in [0.25, 0.3) is 0 Å². The molecular formula is C16H30O. The number of hydrogen-bond donors (Lipinski definition) is 1. The van der Waals surface area contributed by atoms with Crippen molar-refractivity contribution in [3.05, 3.63) is 24.5 Å². The Bertz CT molecular complexity index is 194. The van der Waals surface area contributed by atoms with Crippen LogP contribution in [0.5, 0.6) is 0 Å². The molecule has 0 fully saturated rings. The highest BCUT2D eigenvalue weighted by Crippen LogP contribution is 2.12. The molecule has 0 aliphatic heterocycles. The molecule has 1 N–H and O–H groups in total. The molecule has 0 saturated heterocycles. The minimum atomic E-state index is 0.595. The molecule has 1 nitrogen and oxygen atoms in total. The van der Waals surface area contributed by atoms with Gasteiger partial charge in [-0.05, 0) is 31.8 Å². The summed E-state index contributed by atoms with van der Waals surface area (Å²) in [4.78, 5) is 0. The Kier molecular flexibility index (Phi) is 12.8. The van der Waals surface area contributed by atoms with Crippen LogP contribution in [0, 0.1) is 0 Å². The van der Waals surface area contributed by atoms with Gasteiger partial charge in [-0.3, -0.25) is 0 Å². The minimum absolute atomic E-state index is 0.595. The smallest absolute Gasteiger partial charge is 0.0882 e. The lowest BCUT2D eigenvalue weighted by molar-refractivity contribution is 0.377. The van der Waals surface area contributed by atoms with Crippen LogP contribution in [0.15, 0.2) is 24.5 Å². The number of aliphatic hydroxyl groups is 1. The molecule has 0 saturated carbocycles. The third-order valence-corrected chi connectivity index (χ3v) is 3.01. The summed E-state index contributed by atoms with van der Waals surface area (Å²) >= 11 is 0. The lowest BCUT2D eigenvalue weighted by Gasteiger charge is -2.02. The normalized spacial score (nSPS) is 11.7. The van der Waals surface area contributed by atoms with Gasteiger partial charge in [0.15, 0.2) is 0 Å². The first-order valence-electron chi connectivity index (χ1n) is 7.30. The van der Waals surface area contributed by atoms with Gasteiger partial charge in [-0.1, -0.05) is 51.5 Å². The third kappa shape index (κ3) is 13.2. The van der Waals surface area contributed by atoms with E-state index in [0.717, 1.165) is 32.1 Å². The minimum Gasteiger partial charge on any atom is -0.513 e. The summed E-state index contributed by atoms with van der Waals surface area (Å²) in [6.45, 7) is 5.86. The fourth-order valence-electron chi connectivity index (χ4n) is 1.89. The molecule has 0 heterocycles. The van der Waals surface area contributed by atoms with Crippen molar-refractivity contribution in [2.75, 3.05) is 0 Å². The Balaban J connectivity index is 3.15. The molecule has 0 aliphatic rings. The van der Waals surface area contributed by atoms with Gasteiger partial charge >= 0.3 is 0 Å². The van der Waals surface area contributed by atoms with Crippen molar-refractivity contribution in [3.63, 3.8) is 0 Å². The molecule has 0 radical (unpaired) electrons. The third-order valence-electron chi connectivity index (χ3n) is 3.01. The van der Waals surface area contributed by atoms with Crippen LogP contribution in [0.2, 0.25) is 0 Å². The summed E-state index contributed by atoms with van der Waals surface area (Å²) in [5, 5.41) is 9.53. The van der Waals surface area contributed by atoms with Gasteiger partial charge in [-0.25, -0.2) is 0 Å².